The molecule has 27 heavy (non-hydrogen) atoms. The maximum absolute atomic E-state index is 12.9. The Balaban J connectivity index is 1.28. The average Bonchev–Trinajstić information content (AvgIpc) is 3.38. The number of carbonyl (C=O) groups excluding carboxylic acids is 2. The number of nitrogens with one attached hydrogen (secondary N) is 1. The summed E-state index contributed by atoms with van der Waals surface area (Å²) >= 11 is 0. The van der Waals surface area contributed by atoms with Crippen LogP contribution in [0.3, 0.4) is 0 Å². The van der Waals surface area contributed by atoms with Gasteiger partial charge in [-0.1, -0.05) is 12.1 Å². The molecule has 2 heterocycles. The topological polar surface area (TPSA) is 75.4 Å². The van der Waals surface area contributed by atoms with Crippen LogP contribution in [0.2, 0.25) is 0 Å². The summed E-state index contributed by atoms with van der Waals surface area (Å²) < 4.78 is 5.28. The Bertz CT molecular complexity index is 689. The van der Waals surface area contributed by atoms with E-state index < -0.39 is 0 Å². The van der Waals surface area contributed by atoms with E-state index in [1.807, 2.05) is 4.90 Å². The van der Waals surface area contributed by atoms with Crippen molar-refractivity contribution >= 4 is 11.8 Å². The van der Waals surface area contributed by atoms with E-state index in [1.54, 1.807) is 6.07 Å². The first kappa shape index (κ1) is 18.5. The van der Waals surface area contributed by atoms with Gasteiger partial charge in [0.05, 0.1) is 0 Å². The van der Waals surface area contributed by atoms with Gasteiger partial charge in [-0.15, -0.1) is 0 Å². The number of rotatable bonds is 4. The molecule has 0 aromatic carbocycles. The van der Waals surface area contributed by atoms with Gasteiger partial charge in [-0.25, -0.2) is 0 Å². The standard InChI is InChI=1S/C21H31N3O3/c1-13-3-5-16(6-4-13)21(26)24-10-9-17(11-14(24)2)22-20(25)18-12-19(27-23-18)15-7-8-15/h12-17H,3-11H2,1-2H3,(H,22,25)/t13?,14-,16?,17-/m1/s1. The SMILES string of the molecule is CC1CCC(C(=O)N2CC[C@@H](NC(=O)c3cc(C4CC4)on3)C[C@H]2C)CC1. The summed E-state index contributed by atoms with van der Waals surface area (Å²) in [6.45, 7) is 5.10. The minimum absolute atomic E-state index is 0.0870. The van der Waals surface area contributed by atoms with Crippen LogP contribution in [-0.2, 0) is 4.79 Å². The summed E-state index contributed by atoms with van der Waals surface area (Å²) in [6, 6.07) is 2.03. The normalized spacial score (nSPS) is 31.6. The monoisotopic (exact) mass is 373 g/mol. The van der Waals surface area contributed by atoms with Crippen molar-refractivity contribution in [3.05, 3.63) is 17.5 Å². The van der Waals surface area contributed by atoms with Crippen LogP contribution >= 0.6 is 0 Å². The molecule has 0 bridgehead atoms. The first-order valence-corrected chi connectivity index (χ1v) is 10.6. The summed E-state index contributed by atoms with van der Waals surface area (Å²) in [4.78, 5) is 27.4. The molecule has 1 aromatic rings. The summed E-state index contributed by atoms with van der Waals surface area (Å²) in [6.07, 6.45) is 8.24. The number of likely N-dealkylation sites (tertiary alicyclic amines) is 1. The van der Waals surface area contributed by atoms with Gasteiger partial charge in [-0.3, -0.25) is 9.59 Å². The molecule has 6 nitrogen and oxygen atoms in total. The van der Waals surface area contributed by atoms with Crippen LogP contribution in [0.4, 0.5) is 0 Å². The summed E-state index contributed by atoms with van der Waals surface area (Å²) in [7, 11) is 0. The Morgan fingerprint density at radius 2 is 1.85 bits per heavy atom. The van der Waals surface area contributed by atoms with Crippen molar-refractivity contribution in [2.45, 2.75) is 83.2 Å². The molecule has 1 saturated heterocycles. The molecule has 2 atom stereocenters. The van der Waals surface area contributed by atoms with Gasteiger partial charge >= 0.3 is 0 Å². The number of aromatic nitrogens is 1. The average molecular weight is 373 g/mol. The molecular weight excluding hydrogens is 342 g/mol. The number of hydrogen-bond donors (Lipinski definition) is 1. The number of nitrogens with zero attached hydrogens (tertiary/aromatic N) is 2. The zero-order valence-electron chi connectivity index (χ0n) is 16.4. The van der Waals surface area contributed by atoms with Gasteiger partial charge in [0.25, 0.3) is 5.91 Å². The number of amides is 2. The lowest BCUT2D eigenvalue weighted by Gasteiger charge is -2.40. The van der Waals surface area contributed by atoms with Crippen molar-refractivity contribution in [2.75, 3.05) is 6.54 Å². The zero-order chi connectivity index (χ0) is 19.0. The predicted octanol–water partition coefficient (Wildman–Crippen LogP) is 3.49. The smallest absolute Gasteiger partial charge is 0.273 e. The Morgan fingerprint density at radius 3 is 2.52 bits per heavy atom. The minimum Gasteiger partial charge on any atom is -0.360 e. The van der Waals surface area contributed by atoms with Crippen LogP contribution in [0.5, 0.6) is 0 Å². The van der Waals surface area contributed by atoms with E-state index in [9.17, 15) is 9.59 Å². The molecule has 1 N–H and O–H groups in total. The van der Waals surface area contributed by atoms with Crippen LogP contribution in [0.1, 0.15) is 87.4 Å². The van der Waals surface area contributed by atoms with Crippen molar-refractivity contribution in [2.24, 2.45) is 11.8 Å². The number of hydrogen-bond acceptors (Lipinski definition) is 4. The fraction of sp³-hybridized carbons (Fsp3) is 0.762. The summed E-state index contributed by atoms with van der Waals surface area (Å²) in [5.74, 6) is 2.40. The lowest BCUT2D eigenvalue weighted by molar-refractivity contribution is -0.140. The summed E-state index contributed by atoms with van der Waals surface area (Å²) in [5, 5.41) is 7.00. The molecule has 4 rings (SSSR count). The fourth-order valence-corrected chi connectivity index (χ4v) is 4.59. The van der Waals surface area contributed by atoms with Crippen LogP contribution in [0.25, 0.3) is 0 Å². The molecule has 0 spiro atoms. The van der Waals surface area contributed by atoms with Gasteiger partial charge in [0.15, 0.2) is 5.69 Å². The van der Waals surface area contributed by atoms with Crippen LogP contribution in [0, 0.1) is 11.8 Å². The largest absolute Gasteiger partial charge is 0.360 e. The maximum Gasteiger partial charge on any atom is 0.273 e. The van der Waals surface area contributed by atoms with E-state index >= 15 is 0 Å². The van der Waals surface area contributed by atoms with Crippen LogP contribution in [-0.4, -0.2) is 40.5 Å². The third-order valence-corrected chi connectivity index (χ3v) is 6.60. The summed E-state index contributed by atoms with van der Waals surface area (Å²) in [5.41, 5.74) is 0.374. The maximum atomic E-state index is 12.9. The van der Waals surface area contributed by atoms with Crippen molar-refractivity contribution < 1.29 is 14.1 Å². The van der Waals surface area contributed by atoms with E-state index in [-0.39, 0.29) is 23.9 Å². The van der Waals surface area contributed by atoms with Crippen LogP contribution in [0.15, 0.2) is 10.6 Å². The number of piperidine rings is 1. The lowest BCUT2D eigenvalue weighted by Crippen LogP contribution is -2.52. The fourth-order valence-electron chi connectivity index (χ4n) is 4.59. The molecule has 1 aromatic heterocycles. The highest BCUT2D eigenvalue weighted by atomic mass is 16.5. The van der Waals surface area contributed by atoms with Crippen molar-refractivity contribution in [3.63, 3.8) is 0 Å². The van der Waals surface area contributed by atoms with Crippen LogP contribution < -0.4 is 5.32 Å². The molecule has 0 radical (unpaired) electrons. The van der Waals surface area contributed by atoms with Gasteiger partial charge in [0.1, 0.15) is 5.76 Å². The second-order valence-electron chi connectivity index (χ2n) is 8.92. The third-order valence-electron chi connectivity index (χ3n) is 6.60. The quantitative estimate of drug-likeness (QED) is 0.877. The van der Waals surface area contributed by atoms with Crippen molar-refractivity contribution in [1.29, 1.82) is 0 Å². The molecule has 2 amide bonds. The van der Waals surface area contributed by atoms with E-state index in [1.165, 1.54) is 0 Å². The van der Waals surface area contributed by atoms with Gasteiger partial charge in [0, 0.05) is 36.5 Å². The van der Waals surface area contributed by atoms with Gasteiger partial charge in [0.2, 0.25) is 5.91 Å². The molecule has 1 aliphatic heterocycles. The molecule has 0 unspecified atom stereocenters. The Hall–Kier alpha value is -1.85. The molecular formula is C21H31N3O3. The molecule has 148 valence electrons. The van der Waals surface area contributed by atoms with E-state index in [0.29, 0.717) is 17.5 Å². The van der Waals surface area contributed by atoms with Gasteiger partial charge < -0.3 is 14.7 Å². The first-order chi connectivity index (χ1) is 13.0. The molecule has 3 aliphatic rings. The van der Waals surface area contributed by atoms with Crippen molar-refractivity contribution in [1.82, 2.24) is 15.4 Å². The van der Waals surface area contributed by atoms with E-state index in [2.05, 4.69) is 24.3 Å². The Kier molecular flexibility index (Phi) is 5.24. The molecule has 6 heteroatoms. The second kappa shape index (κ2) is 7.64. The second-order valence-corrected chi connectivity index (χ2v) is 8.92. The first-order valence-electron chi connectivity index (χ1n) is 10.6. The lowest BCUT2D eigenvalue weighted by atomic mass is 9.81. The minimum atomic E-state index is -0.163. The Morgan fingerprint density at radius 1 is 1.11 bits per heavy atom. The highest BCUT2D eigenvalue weighted by molar-refractivity contribution is 5.92. The zero-order valence-corrected chi connectivity index (χ0v) is 16.4. The highest BCUT2D eigenvalue weighted by Crippen LogP contribution is 2.40. The predicted molar refractivity (Wildman–Crippen MR) is 101 cm³/mol. The third kappa shape index (κ3) is 4.19. The van der Waals surface area contributed by atoms with E-state index in [0.717, 1.165) is 69.6 Å². The van der Waals surface area contributed by atoms with E-state index in [4.69, 9.17) is 4.52 Å². The Labute approximate surface area is 161 Å². The number of carbonyl (C=O) groups is 2. The highest BCUT2D eigenvalue weighted by Gasteiger charge is 2.35. The molecule has 3 fully saturated rings. The van der Waals surface area contributed by atoms with Gasteiger partial charge in [-0.05, 0) is 64.2 Å². The van der Waals surface area contributed by atoms with Gasteiger partial charge in [-0.2, -0.15) is 0 Å². The molecule has 2 aliphatic carbocycles. The molecule has 2 saturated carbocycles. The van der Waals surface area contributed by atoms with Crippen molar-refractivity contribution in [3.8, 4) is 0 Å².